The van der Waals surface area contributed by atoms with Gasteiger partial charge in [0, 0.05) is 6.54 Å². The molecule has 104 valence electrons. The molecule has 0 radical (unpaired) electrons. The molecule has 0 amide bonds. The summed E-state index contributed by atoms with van der Waals surface area (Å²) < 4.78 is 23.5. The van der Waals surface area contributed by atoms with Crippen LogP contribution in [0.1, 0.15) is 18.4 Å². The van der Waals surface area contributed by atoms with Crippen LogP contribution >= 0.6 is 0 Å². The average molecular weight is 267 g/mol. The van der Waals surface area contributed by atoms with Crippen molar-refractivity contribution in [3.63, 3.8) is 0 Å². The first-order chi connectivity index (χ1) is 9.20. The van der Waals surface area contributed by atoms with Crippen LogP contribution in [0.3, 0.4) is 0 Å². The molecule has 1 aromatic carbocycles. The molecule has 2 rings (SSSR count). The normalized spacial score (nSPS) is 18.9. The van der Waals surface area contributed by atoms with E-state index in [-0.39, 0.29) is 24.2 Å². The van der Waals surface area contributed by atoms with E-state index in [4.69, 9.17) is 9.47 Å². The second-order valence-electron chi connectivity index (χ2n) is 4.62. The summed E-state index contributed by atoms with van der Waals surface area (Å²) in [4.78, 5) is 11.8. The van der Waals surface area contributed by atoms with E-state index in [9.17, 15) is 9.18 Å². The zero-order valence-corrected chi connectivity index (χ0v) is 10.9. The average Bonchev–Trinajstić information content (AvgIpc) is 2.46. The van der Waals surface area contributed by atoms with Gasteiger partial charge in [0.2, 0.25) is 0 Å². The molecule has 5 heteroatoms. The highest BCUT2D eigenvalue weighted by molar-refractivity contribution is 5.72. The van der Waals surface area contributed by atoms with Crippen LogP contribution in [0.15, 0.2) is 18.2 Å². The van der Waals surface area contributed by atoms with Gasteiger partial charge in [0.25, 0.3) is 0 Å². The second kappa shape index (κ2) is 6.52. The Balaban J connectivity index is 1.87. The van der Waals surface area contributed by atoms with Crippen molar-refractivity contribution >= 4 is 5.97 Å². The minimum Gasteiger partial charge on any atom is -0.494 e. The van der Waals surface area contributed by atoms with Gasteiger partial charge in [-0.25, -0.2) is 4.39 Å². The molecule has 0 saturated carbocycles. The smallest absolute Gasteiger partial charge is 0.310 e. The summed E-state index contributed by atoms with van der Waals surface area (Å²) >= 11 is 0. The number of ether oxygens (including phenoxy) is 2. The lowest BCUT2D eigenvalue weighted by Gasteiger charge is -2.21. The Bertz CT molecular complexity index is 444. The number of hydrogen-bond acceptors (Lipinski definition) is 4. The van der Waals surface area contributed by atoms with Gasteiger partial charge in [0.1, 0.15) is 6.61 Å². The Morgan fingerprint density at radius 1 is 1.53 bits per heavy atom. The number of carbonyl (C=O) groups is 1. The highest BCUT2D eigenvalue weighted by atomic mass is 19.1. The SMILES string of the molecule is COc1ccc(COC(=O)C2CCCNC2)cc1F. The van der Waals surface area contributed by atoms with Crippen LogP contribution in [0.2, 0.25) is 0 Å². The van der Waals surface area contributed by atoms with Crippen LogP contribution in [0, 0.1) is 11.7 Å². The molecule has 1 aliphatic rings. The number of halogens is 1. The van der Waals surface area contributed by atoms with Gasteiger partial charge in [-0.15, -0.1) is 0 Å². The number of methoxy groups -OCH3 is 1. The first kappa shape index (κ1) is 13.8. The van der Waals surface area contributed by atoms with E-state index in [1.54, 1.807) is 6.07 Å². The molecule has 1 aliphatic heterocycles. The maximum atomic E-state index is 13.5. The molecular weight excluding hydrogens is 249 g/mol. The number of nitrogens with one attached hydrogen (secondary N) is 1. The van der Waals surface area contributed by atoms with Crippen LogP contribution in [0.4, 0.5) is 4.39 Å². The maximum Gasteiger partial charge on any atom is 0.310 e. The molecule has 0 bridgehead atoms. The van der Waals surface area contributed by atoms with Crippen LogP contribution < -0.4 is 10.1 Å². The second-order valence-corrected chi connectivity index (χ2v) is 4.62. The van der Waals surface area contributed by atoms with Gasteiger partial charge < -0.3 is 14.8 Å². The van der Waals surface area contributed by atoms with Crippen molar-refractivity contribution < 1.29 is 18.7 Å². The Labute approximate surface area is 111 Å². The molecule has 1 saturated heterocycles. The summed E-state index contributed by atoms with van der Waals surface area (Å²) in [5.41, 5.74) is 0.621. The Kier molecular flexibility index (Phi) is 4.74. The van der Waals surface area contributed by atoms with Crippen LogP contribution in [0.25, 0.3) is 0 Å². The zero-order valence-electron chi connectivity index (χ0n) is 10.9. The number of carbonyl (C=O) groups excluding carboxylic acids is 1. The van der Waals surface area contributed by atoms with Gasteiger partial charge in [-0.05, 0) is 37.1 Å². The van der Waals surface area contributed by atoms with E-state index in [0.29, 0.717) is 12.1 Å². The highest BCUT2D eigenvalue weighted by Gasteiger charge is 2.22. The molecule has 4 nitrogen and oxygen atoms in total. The third-order valence-corrected chi connectivity index (χ3v) is 3.23. The van der Waals surface area contributed by atoms with Gasteiger partial charge in [-0.1, -0.05) is 6.07 Å². The van der Waals surface area contributed by atoms with Crippen molar-refractivity contribution in [3.8, 4) is 5.75 Å². The fourth-order valence-corrected chi connectivity index (χ4v) is 2.12. The Morgan fingerprint density at radius 2 is 2.37 bits per heavy atom. The van der Waals surface area contributed by atoms with E-state index < -0.39 is 5.82 Å². The molecular formula is C14H18FNO3. The third-order valence-electron chi connectivity index (χ3n) is 3.23. The lowest BCUT2D eigenvalue weighted by Crippen LogP contribution is -2.35. The van der Waals surface area contributed by atoms with Crippen LogP contribution in [-0.4, -0.2) is 26.2 Å². The summed E-state index contributed by atoms with van der Waals surface area (Å²) in [5.74, 6) is -0.567. The first-order valence-corrected chi connectivity index (χ1v) is 6.40. The molecule has 1 heterocycles. The highest BCUT2D eigenvalue weighted by Crippen LogP contribution is 2.19. The third kappa shape index (κ3) is 3.67. The molecule has 0 aliphatic carbocycles. The monoisotopic (exact) mass is 267 g/mol. The van der Waals surface area contributed by atoms with Gasteiger partial charge in [-0.3, -0.25) is 4.79 Å². The molecule has 1 N–H and O–H groups in total. The summed E-state index contributed by atoms with van der Waals surface area (Å²) in [6.07, 6.45) is 1.83. The van der Waals surface area contributed by atoms with E-state index >= 15 is 0 Å². The molecule has 0 aromatic heterocycles. The predicted octanol–water partition coefficient (Wildman–Crippen LogP) is 1.88. The summed E-state index contributed by atoms with van der Waals surface area (Å²) in [6, 6.07) is 4.54. The number of hydrogen-bond donors (Lipinski definition) is 1. The van der Waals surface area contributed by atoms with Crippen molar-refractivity contribution in [3.05, 3.63) is 29.6 Å². The van der Waals surface area contributed by atoms with Crippen molar-refractivity contribution in [2.45, 2.75) is 19.4 Å². The lowest BCUT2D eigenvalue weighted by atomic mass is 10.0. The van der Waals surface area contributed by atoms with Crippen molar-refractivity contribution in [2.24, 2.45) is 5.92 Å². The molecule has 1 aromatic rings. The first-order valence-electron chi connectivity index (χ1n) is 6.40. The fraction of sp³-hybridized carbons (Fsp3) is 0.500. The Hall–Kier alpha value is -1.62. The van der Waals surface area contributed by atoms with Gasteiger partial charge in [0.05, 0.1) is 13.0 Å². The van der Waals surface area contributed by atoms with Crippen molar-refractivity contribution in [1.29, 1.82) is 0 Å². The quantitative estimate of drug-likeness (QED) is 0.846. The topological polar surface area (TPSA) is 47.6 Å². The van der Waals surface area contributed by atoms with Crippen LogP contribution in [0.5, 0.6) is 5.75 Å². The van der Waals surface area contributed by atoms with Crippen LogP contribution in [-0.2, 0) is 16.1 Å². The summed E-state index contributed by atoms with van der Waals surface area (Å²) in [6.45, 7) is 1.71. The molecule has 1 unspecified atom stereocenters. The number of benzene rings is 1. The molecule has 1 fully saturated rings. The van der Waals surface area contributed by atoms with E-state index in [1.807, 2.05) is 0 Å². The summed E-state index contributed by atoms with van der Waals surface area (Å²) in [7, 11) is 1.41. The predicted molar refractivity (Wildman–Crippen MR) is 68.3 cm³/mol. The minimum absolute atomic E-state index is 0.0863. The lowest BCUT2D eigenvalue weighted by molar-refractivity contribution is -0.150. The molecule has 0 spiro atoms. The van der Waals surface area contributed by atoms with Gasteiger partial charge in [-0.2, -0.15) is 0 Å². The van der Waals surface area contributed by atoms with E-state index in [0.717, 1.165) is 19.4 Å². The van der Waals surface area contributed by atoms with E-state index in [2.05, 4.69) is 5.32 Å². The standard InChI is InChI=1S/C14H18FNO3/c1-18-13-5-4-10(7-12(13)15)9-19-14(17)11-3-2-6-16-8-11/h4-5,7,11,16H,2-3,6,8-9H2,1H3. The fourth-order valence-electron chi connectivity index (χ4n) is 2.12. The number of esters is 1. The van der Waals surface area contributed by atoms with Gasteiger partial charge in [0.15, 0.2) is 11.6 Å². The number of rotatable bonds is 4. The molecule has 19 heavy (non-hydrogen) atoms. The van der Waals surface area contributed by atoms with Crippen molar-refractivity contribution in [1.82, 2.24) is 5.32 Å². The molecule has 1 atom stereocenters. The van der Waals surface area contributed by atoms with E-state index in [1.165, 1.54) is 19.2 Å². The maximum absolute atomic E-state index is 13.5. The van der Waals surface area contributed by atoms with Gasteiger partial charge >= 0.3 is 5.97 Å². The Morgan fingerprint density at radius 3 is 3.00 bits per heavy atom. The van der Waals surface area contributed by atoms with Crippen molar-refractivity contribution in [2.75, 3.05) is 20.2 Å². The number of piperidine rings is 1. The summed E-state index contributed by atoms with van der Waals surface area (Å²) in [5, 5.41) is 3.16. The zero-order chi connectivity index (χ0) is 13.7. The largest absolute Gasteiger partial charge is 0.494 e. The minimum atomic E-state index is -0.449.